The number of aryl methyl sites for hydroxylation is 1. The summed E-state index contributed by atoms with van der Waals surface area (Å²) >= 11 is 0. The van der Waals surface area contributed by atoms with Crippen molar-refractivity contribution in [3.05, 3.63) is 35.4 Å². The minimum atomic E-state index is -0.720. The first kappa shape index (κ1) is 10.7. The molecular weight excluding hydrogens is 200 g/mol. The second-order valence-electron chi connectivity index (χ2n) is 4.30. The summed E-state index contributed by atoms with van der Waals surface area (Å²) in [6, 6.07) is 10.0. The van der Waals surface area contributed by atoms with Crippen molar-refractivity contribution in [3.8, 4) is 6.07 Å². The van der Waals surface area contributed by atoms with Crippen molar-refractivity contribution < 1.29 is 4.79 Å². The number of nitrogens with one attached hydrogen (secondary N) is 1. The summed E-state index contributed by atoms with van der Waals surface area (Å²) in [6.45, 7) is 2.52. The van der Waals surface area contributed by atoms with Gasteiger partial charge in [0.2, 0.25) is 5.91 Å². The third kappa shape index (κ3) is 1.92. The van der Waals surface area contributed by atoms with Crippen LogP contribution in [0.25, 0.3) is 0 Å². The highest BCUT2D eigenvalue weighted by molar-refractivity contribution is 5.88. The normalized spacial score (nSPS) is 16.2. The average molecular weight is 214 g/mol. The molecule has 1 fully saturated rings. The number of nitriles is 1. The Morgan fingerprint density at radius 2 is 2.19 bits per heavy atom. The lowest BCUT2D eigenvalue weighted by molar-refractivity contribution is -0.124. The smallest absolute Gasteiger partial charge is 0.240 e. The molecular formula is C13H14N2O. The fourth-order valence-corrected chi connectivity index (χ4v) is 1.67. The lowest BCUT2D eigenvalue weighted by Gasteiger charge is -2.09. The van der Waals surface area contributed by atoms with E-state index in [-0.39, 0.29) is 5.91 Å². The Morgan fingerprint density at radius 3 is 2.75 bits per heavy atom. The minimum Gasteiger partial charge on any atom is -0.351 e. The van der Waals surface area contributed by atoms with Gasteiger partial charge in [0.1, 0.15) is 5.41 Å². The first-order chi connectivity index (χ1) is 7.68. The van der Waals surface area contributed by atoms with Crippen LogP contribution >= 0.6 is 0 Å². The molecule has 3 heteroatoms. The van der Waals surface area contributed by atoms with E-state index in [1.165, 1.54) is 0 Å². The fraction of sp³-hybridized carbons (Fsp3) is 0.385. The fourth-order valence-electron chi connectivity index (χ4n) is 1.67. The number of hydrogen-bond acceptors (Lipinski definition) is 2. The third-order valence-electron chi connectivity index (χ3n) is 3.10. The zero-order valence-corrected chi connectivity index (χ0v) is 9.29. The molecule has 1 saturated carbocycles. The predicted molar refractivity (Wildman–Crippen MR) is 60.3 cm³/mol. The van der Waals surface area contributed by atoms with Crippen LogP contribution in [-0.2, 0) is 11.3 Å². The van der Waals surface area contributed by atoms with Gasteiger partial charge in [-0.3, -0.25) is 4.79 Å². The Labute approximate surface area is 95.1 Å². The molecule has 0 unspecified atom stereocenters. The van der Waals surface area contributed by atoms with Crippen LogP contribution in [0.1, 0.15) is 24.0 Å². The predicted octanol–water partition coefficient (Wildman–Crippen LogP) is 1.92. The Kier molecular flexibility index (Phi) is 2.66. The number of hydrogen-bond donors (Lipinski definition) is 1. The molecule has 1 aromatic rings. The molecule has 1 amide bonds. The summed E-state index contributed by atoms with van der Waals surface area (Å²) in [5, 5.41) is 11.7. The molecule has 1 aromatic carbocycles. The van der Waals surface area contributed by atoms with Crippen LogP contribution in [0.5, 0.6) is 0 Å². The molecule has 82 valence electrons. The highest BCUT2D eigenvalue weighted by atomic mass is 16.2. The molecule has 2 rings (SSSR count). The first-order valence-corrected chi connectivity index (χ1v) is 5.42. The highest BCUT2D eigenvalue weighted by Gasteiger charge is 2.50. The summed E-state index contributed by atoms with van der Waals surface area (Å²) in [5.74, 6) is -0.127. The molecule has 16 heavy (non-hydrogen) atoms. The molecule has 0 aliphatic heterocycles. The van der Waals surface area contributed by atoms with E-state index in [2.05, 4.69) is 11.4 Å². The summed E-state index contributed by atoms with van der Waals surface area (Å²) < 4.78 is 0. The summed E-state index contributed by atoms with van der Waals surface area (Å²) in [6.07, 6.45) is 1.40. The van der Waals surface area contributed by atoms with E-state index < -0.39 is 5.41 Å². The first-order valence-electron chi connectivity index (χ1n) is 5.42. The van der Waals surface area contributed by atoms with Crippen molar-refractivity contribution in [1.29, 1.82) is 5.26 Å². The van der Waals surface area contributed by atoms with Gasteiger partial charge in [0.15, 0.2) is 0 Å². The molecule has 0 atom stereocenters. The van der Waals surface area contributed by atoms with Crippen molar-refractivity contribution in [2.45, 2.75) is 26.3 Å². The largest absolute Gasteiger partial charge is 0.351 e. The van der Waals surface area contributed by atoms with Crippen LogP contribution in [0.3, 0.4) is 0 Å². The lowest BCUT2D eigenvalue weighted by Crippen LogP contribution is -2.30. The van der Waals surface area contributed by atoms with Gasteiger partial charge < -0.3 is 5.32 Å². The zero-order chi connectivity index (χ0) is 11.6. The maximum absolute atomic E-state index is 11.7. The lowest BCUT2D eigenvalue weighted by atomic mass is 10.1. The summed E-state index contributed by atoms with van der Waals surface area (Å²) in [5.41, 5.74) is 1.54. The topological polar surface area (TPSA) is 52.9 Å². The van der Waals surface area contributed by atoms with Crippen LogP contribution in [-0.4, -0.2) is 5.91 Å². The van der Waals surface area contributed by atoms with Crippen LogP contribution in [0.2, 0.25) is 0 Å². The molecule has 1 N–H and O–H groups in total. The van der Waals surface area contributed by atoms with Gasteiger partial charge in [-0.1, -0.05) is 24.3 Å². The number of carbonyl (C=O) groups is 1. The van der Waals surface area contributed by atoms with E-state index >= 15 is 0 Å². The number of amides is 1. The Bertz CT molecular complexity index is 455. The van der Waals surface area contributed by atoms with Gasteiger partial charge >= 0.3 is 0 Å². The van der Waals surface area contributed by atoms with E-state index in [0.29, 0.717) is 19.4 Å². The van der Waals surface area contributed by atoms with Gasteiger partial charge in [0.05, 0.1) is 6.07 Å². The molecule has 1 aliphatic carbocycles. The Hall–Kier alpha value is -1.82. The van der Waals surface area contributed by atoms with Crippen LogP contribution in [0, 0.1) is 23.7 Å². The van der Waals surface area contributed by atoms with Gasteiger partial charge in [0.25, 0.3) is 0 Å². The molecule has 0 aromatic heterocycles. The maximum Gasteiger partial charge on any atom is 0.240 e. The SMILES string of the molecule is Cc1ccccc1CNC(=O)C1(C#N)CC1. The standard InChI is InChI=1S/C13H14N2O/c1-10-4-2-3-5-11(10)8-15-12(16)13(9-14)6-7-13/h2-5H,6-8H2,1H3,(H,15,16). The van der Waals surface area contributed by atoms with Gasteiger partial charge in [0, 0.05) is 6.54 Å². The van der Waals surface area contributed by atoms with Crippen LogP contribution in [0.15, 0.2) is 24.3 Å². The van der Waals surface area contributed by atoms with Crippen molar-refractivity contribution in [3.63, 3.8) is 0 Å². The van der Waals surface area contributed by atoms with E-state index in [1.54, 1.807) is 0 Å². The monoisotopic (exact) mass is 214 g/mol. The molecule has 0 saturated heterocycles. The van der Waals surface area contributed by atoms with Crippen molar-refractivity contribution in [2.24, 2.45) is 5.41 Å². The van der Waals surface area contributed by atoms with E-state index in [0.717, 1.165) is 11.1 Å². The number of benzene rings is 1. The van der Waals surface area contributed by atoms with Gasteiger partial charge in [-0.15, -0.1) is 0 Å². The number of carbonyl (C=O) groups excluding carboxylic acids is 1. The summed E-state index contributed by atoms with van der Waals surface area (Å²) in [4.78, 5) is 11.7. The van der Waals surface area contributed by atoms with E-state index in [1.807, 2.05) is 31.2 Å². The molecule has 0 bridgehead atoms. The number of nitrogens with zero attached hydrogens (tertiary/aromatic N) is 1. The molecule has 3 nitrogen and oxygen atoms in total. The number of rotatable bonds is 3. The van der Waals surface area contributed by atoms with Crippen molar-refractivity contribution in [2.75, 3.05) is 0 Å². The van der Waals surface area contributed by atoms with Gasteiger partial charge in [-0.05, 0) is 30.9 Å². The Morgan fingerprint density at radius 1 is 1.50 bits per heavy atom. The second kappa shape index (κ2) is 3.97. The zero-order valence-electron chi connectivity index (χ0n) is 9.29. The third-order valence-corrected chi connectivity index (χ3v) is 3.10. The average Bonchev–Trinajstić information content (AvgIpc) is 3.08. The highest BCUT2D eigenvalue weighted by Crippen LogP contribution is 2.44. The Balaban J connectivity index is 1.96. The minimum absolute atomic E-state index is 0.127. The van der Waals surface area contributed by atoms with Crippen LogP contribution in [0.4, 0.5) is 0 Å². The van der Waals surface area contributed by atoms with Gasteiger partial charge in [-0.25, -0.2) is 0 Å². The van der Waals surface area contributed by atoms with Crippen molar-refractivity contribution in [1.82, 2.24) is 5.32 Å². The molecule has 0 spiro atoms. The summed E-state index contributed by atoms with van der Waals surface area (Å²) in [7, 11) is 0. The van der Waals surface area contributed by atoms with Crippen LogP contribution < -0.4 is 5.32 Å². The maximum atomic E-state index is 11.7. The molecule has 1 aliphatic rings. The second-order valence-corrected chi connectivity index (χ2v) is 4.30. The van der Waals surface area contributed by atoms with E-state index in [9.17, 15) is 4.79 Å². The molecule has 0 heterocycles. The quantitative estimate of drug-likeness (QED) is 0.835. The molecule has 0 radical (unpaired) electrons. The van der Waals surface area contributed by atoms with Gasteiger partial charge in [-0.2, -0.15) is 5.26 Å². The van der Waals surface area contributed by atoms with Crippen molar-refractivity contribution >= 4 is 5.91 Å². The van der Waals surface area contributed by atoms with E-state index in [4.69, 9.17) is 5.26 Å².